The lowest BCUT2D eigenvalue weighted by Gasteiger charge is -2.13. The van der Waals surface area contributed by atoms with Crippen LogP contribution in [0.25, 0.3) is 11.0 Å². The lowest BCUT2D eigenvalue weighted by atomic mass is 10.2. The second-order valence-electron chi connectivity index (χ2n) is 6.94. The van der Waals surface area contributed by atoms with E-state index in [0.717, 1.165) is 24.4 Å². The van der Waals surface area contributed by atoms with Crippen LogP contribution in [-0.4, -0.2) is 25.6 Å². The molecule has 4 aromatic rings. The van der Waals surface area contributed by atoms with E-state index in [-0.39, 0.29) is 17.9 Å². The highest BCUT2D eigenvalue weighted by molar-refractivity contribution is 5.89. The fraction of sp³-hybridized carbons (Fsp3) is 0.150. The number of carbonyl (C=O) groups is 1. The molecule has 8 nitrogen and oxygen atoms in total. The number of aryl methyl sites for hydroxylation is 1. The van der Waals surface area contributed by atoms with Crippen LogP contribution in [0, 0.1) is 11.6 Å². The number of amides is 2. The van der Waals surface area contributed by atoms with Gasteiger partial charge < -0.3 is 24.9 Å². The van der Waals surface area contributed by atoms with Gasteiger partial charge in [-0.3, -0.25) is 0 Å². The summed E-state index contributed by atoms with van der Waals surface area (Å²) in [4.78, 5) is 22.1. The number of hydrogen-bond donors (Lipinski definition) is 3. The second-order valence-corrected chi connectivity index (χ2v) is 6.94. The number of rotatable bonds is 5. The molecule has 1 aromatic carbocycles. The van der Waals surface area contributed by atoms with Gasteiger partial charge in [-0.2, -0.15) is 13.2 Å². The van der Waals surface area contributed by atoms with Gasteiger partial charge in [0.1, 0.15) is 11.4 Å². The molecule has 4 rings (SSSR count). The zero-order valence-corrected chi connectivity index (χ0v) is 16.8. The van der Waals surface area contributed by atoms with Crippen LogP contribution in [0.15, 0.2) is 43.1 Å². The number of aromatic nitrogens is 4. The molecule has 172 valence electrons. The number of aromatic amines is 1. The Morgan fingerprint density at radius 1 is 1.21 bits per heavy atom. The molecule has 0 aliphatic carbocycles. The molecule has 0 saturated carbocycles. The highest BCUT2D eigenvalue weighted by Gasteiger charge is 2.35. The SMILES string of the molecule is Cn1cnc(CNC(=O)Nc2cc(F)c(Oc3ccnc4[nH]cc(C(F)(F)F)c34)c(F)c2)c1. The molecule has 0 spiro atoms. The largest absolute Gasteiger partial charge is 0.450 e. The number of pyridine rings is 1. The molecule has 13 heteroatoms. The first kappa shape index (κ1) is 22.0. The van der Waals surface area contributed by atoms with Gasteiger partial charge in [-0.25, -0.2) is 23.5 Å². The third-order valence-electron chi connectivity index (χ3n) is 4.50. The number of imidazole rings is 1. The molecule has 0 atom stereocenters. The van der Waals surface area contributed by atoms with Gasteiger partial charge in [0.15, 0.2) is 17.4 Å². The molecular weight excluding hydrogens is 451 g/mol. The smallest absolute Gasteiger partial charge is 0.418 e. The van der Waals surface area contributed by atoms with E-state index in [1.807, 2.05) is 0 Å². The number of nitrogens with one attached hydrogen (secondary N) is 3. The van der Waals surface area contributed by atoms with Crippen molar-refractivity contribution in [3.8, 4) is 11.5 Å². The summed E-state index contributed by atoms with van der Waals surface area (Å²) in [5.41, 5.74) is -0.915. The molecule has 3 N–H and O–H groups in total. The van der Waals surface area contributed by atoms with Crippen molar-refractivity contribution in [1.29, 1.82) is 0 Å². The van der Waals surface area contributed by atoms with Gasteiger partial charge in [-0.05, 0) is 6.07 Å². The molecule has 0 fully saturated rings. The molecule has 0 unspecified atom stereocenters. The van der Waals surface area contributed by atoms with Crippen LogP contribution >= 0.6 is 0 Å². The quantitative estimate of drug-likeness (QED) is 0.371. The van der Waals surface area contributed by atoms with Crippen LogP contribution in [0.4, 0.5) is 32.4 Å². The van der Waals surface area contributed by atoms with Crippen molar-refractivity contribution in [3.05, 3.63) is 66.0 Å². The number of alkyl halides is 3. The highest BCUT2D eigenvalue weighted by atomic mass is 19.4. The second kappa shape index (κ2) is 8.41. The average Bonchev–Trinajstić information content (AvgIpc) is 3.35. The van der Waals surface area contributed by atoms with Crippen molar-refractivity contribution in [2.45, 2.75) is 12.7 Å². The van der Waals surface area contributed by atoms with Gasteiger partial charge in [0.2, 0.25) is 0 Å². The highest BCUT2D eigenvalue weighted by Crippen LogP contribution is 2.40. The average molecular weight is 466 g/mol. The van der Waals surface area contributed by atoms with Crippen molar-refractivity contribution in [1.82, 2.24) is 24.8 Å². The minimum atomic E-state index is -4.74. The number of H-pyrrole nitrogens is 1. The van der Waals surface area contributed by atoms with Crippen molar-refractivity contribution in [2.75, 3.05) is 5.32 Å². The Kier molecular flexibility index (Phi) is 5.62. The molecule has 0 aliphatic rings. The van der Waals surface area contributed by atoms with E-state index < -0.39 is 46.3 Å². The Bertz CT molecular complexity index is 1310. The predicted molar refractivity (Wildman–Crippen MR) is 107 cm³/mol. The molecule has 33 heavy (non-hydrogen) atoms. The van der Waals surface area contributed by atoms with Gasteiger partial charge in [0.25, 0.3) is 0 Å². The normalized spacial score (nSPS) is 11.6. The number of carbonyl (C=O) groups excluding carboxylic acids is 1. The Hall–Kier alpha value is -4.16. The molecule has 3 heterocycles. The summed E-state index contributed by atoms with van der Waals surface area (Å²) < 4.78 is 75.8. The lowest BCUT2D eigenvalue weighted by Crippen LogP contribution is -2.28. The third-order valence-corrected chi connectivity index (χ3v) is 4.50. The van der Waals surface area contributed by atoms with E-state index in [4.69, 9.17) is 4.74 Å². The summed E-state index contributed by atoms with van der Waals surface area (Å²) >= 11 is 0. The zero-order chi connectivity index (χ0) is 23.8. The molecule has 0 bridgehead atoms. The van der Waals surface area contributed by atoms with Crippen molar-refractivity contribution >= 4 is 22.8 Å². The summed E-state index contributed by atoms with van der Waals surface area (Å²) in [5.74, 6) is -3.84. The number of fused-ring (bicyclic) bond motifs is 1. The van der Waals surface area contributed by atoms with Crippen LogP contribution in [0.2, 0.25) is 0 Å². The summed E-state index contributed by atoms with van der Waals surface area (Å²) in [5, 5.41) is 4.26. The molecule has 0 aliphatic heterocycles. The molecule has 3 aromatic heterocycles. The maximum absolute atomic E-state index is 14.6. The van der Waals surface area contributed by atoms with E-state index in [9.17, 15) is 26.7 Å². The number of halogens is 5. The number of ether oxygens (including phenoxy) is 1. The fourth-order valence-corrected chi connectivity index (χ4v) is 3.08. The topological polar surface area (TPSA) is 96.9 Å². The first-order valence-corrected chi connectivity index (χ1v) is 9.33. The van der Waals surface area contributed by atoms with Gasteiger partial charge in [0.05, 0.1) is 29.5 Å². The van der Waals surface area contributed by atoms with Gasteiger partial charge in [-0.15, -0.1) is 0 Å². The zero-order valence-electron chi connectivity index (χ0n) is 16.8. The molecule has 2 amide bonds. The minimum Gasteiger partial charge on any atom is -0.450 e. The molecule has 0 radical (unpaired) electrons. The van der Waals surface area contributed by atoms with Gasteiger partial charge in [-0.1, -0.05) is 0 Å². The number of benzene rings is 1. The first-order valence-electron chi connectivity index (χ1n) is 9.33. The number of hydrogen-bond acceptors (Lipinski definition) is 4. The number of urea groups is 1. The lowest BCUT2D eigenvalue weighted by molar-refractivity contribution is -0.136. The van der Waals surface area contributed by atoms with Crippen molar-refractivity contribution in [2.24, 2.45) is 7.05 Å². The number of nitrogens with zero attached hydrogens (tertiary/aromatic N) is 3. The summed E-state index contributed by atoms with van der Waals surface area (Å²) in [7, 11) is 1.75. The van der Waals surface area contributed by atoms with Crippen LogP contribution in [0.1, 0.15) is 11.3 Å². The summed E-state index contributed by atoms with van der Waals surface area (Å²) in [6.07, 6.45) is 0.295. The van der Waals surface area contributed by atoms with Crippen molar-refractivity contribution in [3.63, 3.8) is 0 Å². The minimum absolute atomic E-state index is 0.0784. The van der Waals surface area contributed by atoms with Gasteiger partial charge >= 0.3 is 12.2 Å². The monoisotopic (exact) mass is 466 g/mol. The standard InChI is InChI=1S/C20H15F5N6O2/c1-31-8-11(29-9-31)6-28-19(32)30-10-4-13(21)17(14(22)5-10)33-15-2-3-26-18-16(15)12(7-27-18)20(23,24)25/h2-5,7-9H,6H2,1H3,(H,26,27)(H2,28,30,32). The number of anilines is 1. The van der Waals surface area contributed by atoms with E-state index >= 15 is 0 Å². The van der Waals surface area contributed by atoms with Crippen LogP contribution in [-0.2, 0) is 19.8 Å². The van der Waals surface area contributed by atoms with Crippen LogP contribution in [0.5, 0.6) is 11.5 Å². The van der Waals surface area contributed by atoms with Crippen molar-refractivity contribution < 1.29 is 31.5 Å². The molecular formula is C20H15F5N6O2. The van der Waals surface area contributed by atoms with E-state index in [1.54, 1.807) is 24.1 Å². The maximum Gasteiger partial charge on any atom is 0.418 e. The van der Waals surface area contributed by atoms with Crippen LogP contribution in [0.3, 0.4) is 0 Å². The van der Waals surface area contributed by atoms with Gasteiger partial charge in [0, 0.05) is 43.5 Å². The third kappa shape index (κ3) is 4.71. The summed E-state index contributed by atoms with van der Waals surface area (Å²) in [6, 6.07) is 1.87. The Balaban J connectivity index is 1.53. The van der Waals surface area contributed by atoms with E-state index in [1.165, 1.54) is 0 Å². The van der Waals surface area contributed by atoms with Crippen LogP contribution < -0.4 is 15.4 Å². The Morgan fingerprint density at radius 2 is 1.94 bits per heavy atom. The van der Waals surface area contributed by atoms with E-state index in [2.05, 4.69) is 25.6 Å². The first-order chi connectivity index (χ1) is 15.6. The fourth-order valence-electron chi connectivity index (χ4n) is 3.08. The molecule has 0 saturated heterocycles. The Labute approximate surface area is 182 Å². The predicted octanol–water partition coefficient (Wildman–Crippen LogP) is 4.71. The van der Waals surface area contributed by atoms with E-state index in [0.29, 0.717) is 11.9 Å². The Morgan fingerprint density at radius 3 is 2.58 bits per heavy atom. The summed E-state index contributed by atoms with van der Waals surface area (Å²) in [6.45, 7) is 0.0784. The maximum atomic E-state index is 14.6.